The third kappa shape index (κ3) is 4.81. The van der Waals surface area contributed by atoms with E-state index in [-0.39, 0.29) is 0 Å². The Labute approximate surface area is 368 Å². The molecule has 1 unspecified atom stereocenters. The molecule has 0 radical (unpaired) electrons. The third-order valence-electron chi connectivity index (χ3n) is 13.6. The van der Waals surface area contributed by atoms with Crippen molar-refractivity contribution in [2.45, 2.75) is 15.2 Å². The maximum Gasteiger partial charge on any atom is 0.135 e. The van der Waals surface area contributed by atoms with Gasteiger partial charge in [-0.2, -0.15) is 0 Å². The van der Waals surface area contributed by atoms with E-state index in [1.54, 1.807) is 0 Å². The smallest absolute Gasteiger partial charge is 0.135 e. The minimum Gasteiger partial charge on any atom is -0.456 e. The molecule has 2 aromatic heterocycles. The highest BCUT2D eigenvalue weighted by atomic mass is 32.2. The Morgan fingerprint density at radius 1 is 0.397 bits per heavy atom. The molecule has 2 aliphatic rings. The van der Waals surface area contributed by atoms with Crippen molar-refractivity contribution < 1.29 is 4.42 Å². The highest BCUT2D eigenvalue weighted by Crippen LogP contribution is 2.62. The lowest BCUT2D eigenvalue weighted by Gasteiger charge is -2.46. The zero-order valence-electron chi connectivity index (χ0n) is 34.0. The van der Waals surface area contributed by atoms with Crippen molar-refractivity contribution in [3.63, 3.8) is 0 Å². The zero-order valence-corrected chi connectivity index (χ0v) is 34.8. The molecule has 1 atom stereocenters. The lowest BCUT2D eigenvalue weighted by molar-refractivity contribution is 0.669. The van der Waals surface area contributed by atoms with E-state index in [0.29, 0.717) is 0 Å². The Bertz CT molecular complexity index is 3860. The zero-order chi connectivity index (χ0) is 41.2. The van der Waals surface area contributed by atoms with Crippen molar-refractivity contribution >= 4 is 83.3 Å². The average Bonchev–Trinajstić information content (AvgIpc) is 3.88. The van der Waals surface area contributed by atoms with Crippen LogP contribution in [0.25, 0.3) is 71.3 Å². The fourth-order valence-electron chi connectivity index (χ4n) is 11.1. The molecule has 0 fully saturated rings. The van der Waals surface area contributed by atoms with Crippen LogP contribution in [-0.4, -0.2) is 4.57 Å². The van der Waals surface area contributed by atoms with Gasteiger partial charge in [-0.15, -0.1) is 0 Å². The van der Waals surface area contributed by atoms with Crippen LogP contribution in [0.15, 0.2) is 233 Å². The molecule has 0 N–H and O–H groups in total. The Morgan fingerprint density at radius 3 is 1.95 bits per heavy atom. The van der Waals surface area contributed by atoms with Gasteiger partial charge in [-0.25, -0.2) is 0 Å². The summed E-state index contributed by atoms with van der Waals surface area (Å²) in [7, 11) is 0. The topological polar surface area (TPSA) is 21.3 Å². The lowest BCUT2D eigenvalue weighted by atomic mass is 9.59. The lowest BCUT2D eigenvalue weighted by Crippen LogP contribution is -2.36. The largest absolute Gasteiger partial charge is 0.456 e. The van der Waals surface area contributed by atoms with Gasteiger partial charge in [0.15, 0.2) is 0 Å². The molecule has 1 spiro atoms. The number of fused-ring (bicyclic) bond motifs is 14. The molecular weight excluding hydrogens is 785 g/mol. The summed E-state index contributed by atoms with van der Waals surface area (Å²) in [6.07, 6.45) is 0. The second-order valence-electron chi connectivity index (χ2n) is 16.8. The summed E-state index contributed by atoms with van der Waals surface area (Å²) in [5, 5.41) is 7.26. The Morgan fingerprint density at radius 2 is 1.03 bits per heavy atom. The van der Waals surface area contributed by atoms with Gasteiger partial charge in [-0.3, -0.25) is 0 Å². The third-order valence-corrected chi connectivity index (χ3v) is 14.8. The normalized spacial score (nSPS) is 15.0. The van der Waals surface area contributed by atoms with E-state index in [1.165, 1.54) is 70.2 Å². The fraction of sp³-hybridized carbons (Fsp3) is 0.0169. The summed E-state index contributed by atoms with van der Waals surface area (Å²) < 4.78 is 8.78. The van der Waals surface area contributed by atoms with E-state index in [1.807, 2.05) is 17.8 Å². The SMILES string of the molecule is c1ccc(-n2c3ccccc3c3ccc(N(c4ccc5c(c4)Sc4ccccc4C54c5ccccc5-c5cccc6cccc4c56)c4ccc5oc6ccccc6c5c4)cc32)cc1. The first kappa shape index (κ1) is 34.9. The summed E-state index contributed by atoms with van der Waals surface area (Å²) in [5.74, 6) is 0. The fourth-order valence-corrected chi connectivity index (χ4v) is 12.3. The van der Waals surface area contributed by atoms with E-state index in [9.17, 15) is 0 Å². The van der Waals surface area contributed by atoms with Crippen molar-refractivity contribution in [3.8, 4) is 16.8 Å². The van der Waals surface area contributed by atoms with Gasteiger partial charge in [0.05, 0.1) is 16.4 Å². The highest BCUT2D eigenvalue weighted by molar-refractivity contribution is 7.99. The molecule has 294 valence electrons. The van der Waals surface area contributed by atoms with Gasteiger partial charge in [-0.05, 0) is 117 Å². The van der Waals surface area contributed by atoms with Crippen LogP contribution in [0.4, 0.5) is 17.1 Å². The number of benzene rings is 10. The van der Waals surface area contributed by atoms with Gasteiger partial charge in [0.2, 0.25) is 0 Å². The van der Waals surface area contributed by atoms with Gasteiger partial charge in [0.25, 0.3) is 0 Å². The first-order valence-electron chi connectivity index (χ1n) is 21.6. The van der Waals surface area contributed by atoms with E-state index in [4.69, 9.17) is 4.42 Å². The van der Waals surface area contributed by atoms with E-state index in [2.05, 4.69) is 222 Å². The average molecular weight is 821 g/mol. The first-order chi connectivity index (χ1) is 31.2. The van der Waals surface area contributed by atoms with Crippen LogP contribution in [0.1, 0.15) is 22.3 Å². The van der Waals surface area contributed by atoms with E-state index in [0.717, 1.165) is 50.2 Å². The monoisotopic (exact) mass is 820 g/mol. The number of rotatable bonds is 4. The molecule has 4 heteroatoms. The van der Waals surface area contributed by atoms with Gasteiger partial charge in [-0.1, -0.05) is 157 Å². The van der Waals surface area contributed by atoms with Crippen molar-refractivity contribution in [3.05, 3.63) is 241 Å². The van der Waals surface area contributed by atoms with Gasteiger partial charge in [0.1, 0.15) is 11.2 Å². The highest BCUT2D eigenvalue weighted by Gasteiger charge is 2.48. The molecule has 10 aromatic carbocycles. The van der Waals surface area contributed by atoms with Crippen LogP contribution >= 0.6 is 11.8 Å². The van der Waals surface area contributed by atoms with Crippen LogP contribution in [0.3, 0.4) is 0 Å². The molecule has 3 nitrogen and oxygen atoms in total. The quantitative estimate of drug-likeness (QED) is 0.176. The number of nitrogens with zero attached hydrogens (tertiary/aromatic N) is 2. The predicted molar refractivity (Wildman–Crippen MR) is 262 cm³/mol. The summed E-state index contributed by atoms with van der Waals surface area (Å²) in [6.45, 7) is 0. The molecule has 0 saturated carbocycles. The molecule has 14 rings (SSSR count). The second-order valence-corrected chi connectivity index (χ2v) is 17.9. The van der Waals surface area contributed by atoms with Crippen molar-refractivity contribution in [2.75, 3.05) is 4.90 Å². The second kappa shape index (κ2) is 13.1. The molecule has 1 aliphatic carbocycles. The summed E-state index contributed by atoms with van der Waals surface area (Å²) in [4.78, 5) is 4.96. The maximum atomic E-state index is 6.38. The Balaban J connectivity index is 1.05. The van der Waals surface area contributed by atoms with Gasteiger partial charge >= 0.3 is 0 Å². The Hall–Kier alpha value is -7.79. The van der Waals surface area contributed by atoms with Gasteiger partial charge < -0.3 is 13.9 Å². The molecule has 3 heterocycles. The van der Waals surface area contributed by atoms with E-state index >= 15 is 0 Å². The van der Waals surface area contributed by atoms with Crippen molar-refractivity contribution in [1.29, 1.82) is 0 Å². The van der Waals surface area contributed by atoms with Crippen LogP contribution in [0.2, 0.25) is 0 Å². The van der Waals surface area contributed by atoms with Gasteiger partial charge in [0, 0.05) is 54.1 Å². The Kier molecular flexibility index (Phi) is 7.26. The van der Waals surface area contributed by atoms with Crippen LogP contribution in [0, 0.1) is 0 Å². The number of hydrogen-bond acceptors (Lipinski definition) is 3. The van der Waals surface area contributed by atoms with Crippen LogP contribution < -0.4 is 4.90 Å². The summed E-state index contributed by atoms with van der Waals surface area (Å²) in [5.41, 5.74) is 15.9. The first-order valence-corrected chi connectivity index (χ1v) is 22.4. The number of anilines is 3. The minimum absolute atomic E-state index is 0.519. The molecule has 12 aromatic rings. The van der Waals surface area contributed by atoms with Crippen LogP contribution in [0.5, 0.6) is 0 Å². The van der Waals surface area contributed by atoms with E-state index < -0.39 is 5.41 Å². The predicted octanol–water partition coefficient (Wildman–Crippen LogP) is 16.1. The molecule has 0 bridgehead atoms. The molecule has 63 heavy (non-hydrogen) atoms. The maximum absolute atomic E-state index is 6.38. The minimum atomic E-state index is -0.519. The number of hydrogen-bond donors (Lipinski definition) is 0. The number of para-hydroxylation sites is 3. The number of furan rings is 1. The standard InChI is InChI=1S/C59H36N2OS/c1-2-16-38(17-3-1)61-52-25-9-5-19-43(52)44-31-28-40(35-53(44)61)60(39-30-33-55-47(34-39)45-20-6-10-26-54(45)62-55)41-29-32-50-57(36-41)63-56-27-11-8-23-49(56)59(50)48-22-7-4-18-42(48)46-21-12-14-37-15-13-24-51(59)58(37)46/h1-36H. The number of aromatic nitrogens is 1. The van der Waals surface area contributed by atoms with Crippen molar-refractivity contribution in [1.82, 2.24) is 4.57 Å². The summed E-state index contributed by atoms with van der Waals surface area (Å²) in [6, 6.07) is 80.5. The molecular formula is C59H36N2OS. The van der Waals surface area contributed by atoms with Crippen molar-refractivity contribution in [2.24, 2.45) is 0 Å². The molecule has 0 saturated heterocycles. The summed E-state index contributed by atoms with van der Waals surface area (Å²) >= 11 is 1.88. The van der Waals surface area contributed by atoms with Crippen LogP contribution in [-0.2, 0) is 5.41 Å². The molecule has 1 aliphatic heterocycles. The molecule has 0 amide bonds.